The number of aliphatic hydroxyl groups excluding tert-OH is 1. The number of nitrogens with one attached hydrogen (secondary N) is 1. The number of hydrogen-bond donors (Lipinski definition) is 4. The zero-order chi connectivity index (χ0) is 20.9. The van der Waals surface area contributed by atoms with Crippen molar-refractivity contribution in [2.24, 2.45) is 5.73 Å². The number of rotatable bonds is 9. The highest BCUT2D eigenvalue weighted by molar-refractivity contribution is 5.94. The number of carboxylic acids is 1. The molecular weight excluding hydrogens is 369 g/mol. The predicted molar refractivity (Wildman–Crippen MR) is 93.5 cm³/mol. The van der Waals surface area contributed by atoms with Gasteiger partial charge in [0.1, 0.15) is 11.8 Å². The Hall–Kier alpha value is -2.33. The summed E-state index contributed by atoms with van der Waals surface area (Å²) in [4.78, 5) is 20.4. The van der Waals surface area contributed by atoms with Crippen LogP contribution in [0.3, 0.4) is 0 Å². The first-order valence-electron chi connectivity index (χ1n) is 8.32. The van der Waals surface area contributed by atoms with E-state index < -0.39 is 24.1 Å². The van der Waals surface area contributed by atoms with E-state index in [2.05, 4.69) is 12.2 Å². The van der Waals surface area contributed by atoms with Crippen LogP contribution in [0.4, 0.5) is 18.9 Å². The molecule has 1 amide bonds. The minimum Gasteiger partial charge on any atom is -0.494 e. The first-order chi connectivity index (χ1) is 12.6. The molecule has 0 aliphatic rings. The molecule has 5 N–H and O–H groups in total. The molecule has 0 radical (unpaired) electrons. The largest absolute Gasteiger partial charge is 0.494 e. The van der Waals surface area contributed by atoms with Crippen LogP contribution in [0.15, 0.2) is 24.3 Å². The number of benzene rings is 1. The number of hydrogen-bond acceptors (Lipinski definition) is 5. The third-order valence-electron chi connectivity index (χ3n) is 3.14. The number of ether oxygens (including phenoxy) is 1. The minimum absolute atomic E-state index is 0.376. The first kappa shape index (κ1) is 24.7. The van der Waals surface area contributed by atoms with Crippen molar-refractivity contribution in [2.45, 2.75) is 44.8 Å². The Bertz CT molecular complexity index is 582. The Morgan fingerprint density at radius 1 is 1.26 bits per heavy atom. The van der Waals surface area contributed by atoms with E-state index in [1.165, 1.54) is 12.8 Å². The van der Waals surface area contributed by atoms with Gasteiger partial charge in [-0.05, 0) is 18.6 Å². The van der Waals surface area contributed by atoms with E-state index in [4.69, 9.17) is 25.5 Å². The summed E-state index contributed by atoms with van der Waals surface area (Å²) >= 11 is 0. The summed E-state index contributed by atoms with van der Waals surface area (Å²) in [5.41, 5.74) is 6.05. The van der Waals surface area contributed by atoms with Crippen molar-refractivity contribution in [1.29, 1.82) is 0 Å². The average Bonchev–Trinajstić information content (AvgIpc) is 2.60. The molecule has 0 spiro atoms. The Balaban J connectivity index is 0.000000821. The van der Waals surface area contributed by atoms with Crippen LogP contribution >= 0.6 is 0 Å². The Morgan fingerprint density at radius 2 is 1.89 bits per heavy atom. The summed E-state index contributed by atoms with van der Waals surface area (Å²) in [6.07, 6.45) is -0.469. The van der Waals surface area contributed by atoms with Gasteiger partial charge in [0, 0.05) is 11.8 Å². The highest BCUT2D eigenvalue weighted by atomic mass is 19.4. The van der Waals surface area contributed by atoms with E-state index in [1.54, 1.807) is 12.1 Å². The van der Waals surface area contributed by atoms with Gasteiger partial charge in [-0.25, -0.2) is 4.79 Å². The maximum Gasteiger partial charge on any atom is 0.490 e. The van der Waals surface area contributed by atoms with Crippen LogP contribution in [-0.2, 0) is 9.59 Å². The van der Waals surface area contributed by atoms with Gasteiger partial charge < -0.3 is 26.0 Å². The number of carbonyl (C=O) groups is 2. The number of anilines is 1. The number of unbranched alkanes of at least 4 members (excludes halogenated alkanes) is 3. The van der Waals surface area contributed by atoms with E-state index in [1.807, 2.05) is 12.1 Å². The lowest BCUT2D eigenvalue weighted by Crippen LogP contribution is -2.38. The van der Waals surface area contributed by atoms with E-state index in [0.29, 0.717) is 12.3 Å². The lowest BCUT2D eigenvalue weighted by atomic mass is 10.2. The van der Waals surface area contributed by atoms with E-state index in [0.717, 1.165) is 18.6 Å². The summed E-state index contributed by atoms with van der Waals surface area (Å²) in [6, 6.07) is 6.25. The molecule has 27 heavy (non-hydrogen) atoms. The fourth-order valence-electron chi connectivity index (χ4n) is 1.70. The summed E-state index contributed by atoms with van der Waals surface area (Å²) in [5, 5.41) is 18.6. The number of alkyl halides is 3. The van der Waals surface area contributed by atoms with E-state index in [-0.39, 0.29) is 6.61 Å². The molecule has 1 unspecified atom stereocenters. The third-order valence-corrected chi connectivity index (χ3v) is 3.14. The van der Waals surface area contributed by atoms with Gasteiger partial charge in [0.2, 0.25) is 5.91 Å². The van der Waals surface area contributed by atoms with Gasteiger partial charge in [-0.2, -0.15) is 13.2 Å². The topological polar surface area (TPSA) is 122 Å². The van der Waals surface area contributed by atoms with Crippen LogP contribution in [0.5, 0.6) is 5.75 Å². The average molecular weight is 394 g/mol. The van der Waals surface area contributed by atoms with Crippen LogP contribution in [-0.4, -0.2) is 47.5 Å². The van der Waals surface area contributed by atoms with Crippen molar-refractivity contribution < 1.29 is 37.7 Å². The van der Waals surface area contributed by atoms with Gasteiger partial charge in [-0.1, -0.05) is 32.3 Å². The quantitative estimate of drug-likeness (QED) is 0.478. The molecular formula is C17H25F3N2O5. The minimum atomic E-state index is -5.08. The maximum atomic E-state index is 11.6. The number of halogens is 3. The number of carboxylic acid groups (broad SMARTS) is 1. The molecule has 0 heterocycles. The van der Waals surface area contributed by atoms with Crippen LogP contribution in [0.1, 0.15) is 32.6 Å². The number of aliphatic carboxylic acids is 1. The monoisotopic (exact) mass is 394 g/mol. The highest BCUT2D eigenvalue weighted by Gasteiger charge is 2.38. The second-order valence-electron chi connectivity index (χ2n) is 5.52. The molecule has 0 fully saturated rings. The van der Waals surface area contributed by atoms with Crippen LogP contribution < -0.4 is 15.8 Å². The van der Waals surface area contributed by atoms with Crippen LogP contribution in [0.2, 0.25) is 0 Å². The van der Waals surface area contributed by atoms with Crippen LogP contribution in [0.25, 0.3) is 0 Å². The molecule has 154 valence electrons. The molecule has 0 saturated heterocycles. The van der Waals surface area contributed by atoms with Gasteiger partial charge in [-0.15, -0.1) is 0 Å². The smallest absolute Gasteiger partial charge is 0.490 e. The SMILES string of the molecule is CCCCCCOc1cccc(NC(=O)C(N)CO)c1.O=C(O)C(F)(F)F. The summed E-state index contributed by atoms with van der Waals surface area (Å²) < 4.78 is 37.4. The zero-order valence-electron chi connectivity index (χ0n) is 15.0. The maximum absolute atomic E-state index is 11.6. The third kappa shape index (κ3) is 11.8. The van der Waals surface area contributed by atoms with Gasteiger partial charge >= 0.3 is 12.1 Å². The molecule has 0 aromatic heterocycles. The molecule has 1 rings (SSSR count). The second-order valence-corrected chi connectivity index (χ2v) is 5.52. The van der Waals surface area contributed by atoms with E-state index in [9.17, 15) is 18.0 Å². The molecule has 0 aliphatic heterocycles. The molecule has 0 saturated carbocycles. The Morgan fingerprint density at radius 3 is 2.41 bits per heavy atom. The summed E-state index contributed by atoms with van der Waals surface area (Å²) in [5.74, 6) is -2.45. The highest BCUT2D eigenvalue weighted by Crippen LogP contribution is 2.18. The number of carbonyl (C=O) groups excluding carboxylic acids is 1. The van der Waals surface area contributed by atoms with Crippen molar-refractivity contribution >= 4 is 17.6 Å². The van der Waals surface area contributed by atoms with Gasteiger partial charge in [0.15, 0.2) is 0 Å². The molecule has 0 aliphatic carbocycles. The van der Waals surface area contributed by atoms with Crippen molar-refractivity contribution in [3.05, 3.63) is 24.3 Å². The van der Waals surface area contributed by atoms with Gasteiger partial charge in [0.05, 0.1) is 13.2 Å². The Labute approximate surface area is 155 Å². The number of aliphatic hydroxyl groups is 1. The zero-order valence-corrected chi connectivity index (χ0v) is 15.0. The molecule has 0 bridgehead atoms. The summed E-state index contributed by atoms with van der Waals surface area (Å²) in [7, 11) is 0. The standard InChI is InChI=1S/C15H24N2O3.C2HF3O2/c1-2-3-4-5-9-20-13-8-6-7-12(10-13)17-15(19)14(16)11-18;3-2(4,5)1(6)7/h6-8,10,14,18H,2-5,9,11,16H2,1H3,(H,17,19);(H,6,7). The van der Waals surface area contributed by atoms with Crippen molar-refractivity contribution in [3.8, 4) is 5.75 Å². The van der Waals surface area contributed by atoms with Gasteiger partial charge in [-0.3, -0.25) is 4.79 Å². The molecule has 1 aromatic rings. The van der Waals surface area contributed by atoms with Gasteiger partial charge in [0.25, 0.3) is 0 Å². The molecule has 1 atom stereocenters. The molecule has 7 nitrogen and oxygen atoms in total. The lowest BCUT2D eigenvalue weighted by molar-refractivity contribution is -0.192. The fourth-order valence-corrected chi connectivity index (χ4v) is 1.70. The normalized spacial score (nSPS) is 11.8. The summed E-state index contributed by atoms with van der Waals surface area (Å²) in [6.45, 7) is 2.47. The lowest BCUT2D eigenvalue weighted by Gasteiger charge is -2.11. The number of nitrogens with two attached hydrogens (primary N) is 1. The molecule has 1 aromatic carbocycles. The Kier molecular flexibility index (Phi) is 11.8. The van der Waals surface area contributed by atoms with Crippen molar-refractivity contribution in [3.63, 3.8) is 0 Å². The first-order valence-corrected chi connectivity index (χ1v) is 8.32. The number of amides is 1. The van der Waals surface area contributed by atoms with Crippen molar-refractivity contribution in [1.82, 2.24) is 0 Å². The van der Waals surface area contributed by atoms with Crippen molar-refractivity contribution in [2.75, 3.05) is 18.5 Å². The molecule has 10 heteroatoms. The van der Waals surface area contributed by atoms with Crippen LogP contribution in [0, 0.1) is 0 Å². The second kappa shape index (κ2) is 12.9. The predicted octanol–water partition coefficient (Wildman–Crippen LogP) is 2.54. The van der Waals surface area contributed by atoms with E-state index >= 15 is 0 Å². The fraction of sp³-hybridized carbons (Fsp3) is 0.529.